The third kappa shape index (κ3) is 4.83. The Morgan fingerprint density at radius 1 is 1.05 bits per heavy atom. The van der Waals surface area contributed by atoms with Crippen LogP contribution in [-0.4, -0.2) is 53.3 Å². The lowest BCUT2D eigenvalue weighted by Crippen LogP contribution is -2.50. The zero-order chi connectivity index (χ0) is 27.3. The van der Waals surface area contributed by atoms with Crippen molar-refractivity contribution in [3.8, 4) is 11.5 Å². The van der Waals surface area contributed by atoms with E-state index in [1.807, 2.05) is 75.8 Å². The monoisotopic (exact) mass is 524 g/mol. The van der Waals surface area contributed by atoms with Crippen LogP contribution in [0.3, 0.4) is 0 Å². The minimum Gasteiger partial charge on any atom is -0.457 e. The molecule has 200 valence electrons. The van der Waals surface area contributed by atoms with E-state index >= 15 is 0 Å². The van der Waals surface area contributed by atoms with Crippen molar-refractivity contribution >= 4 is 39.5 Å². The largest absolute Gasteiger partial charge is 0.457 e. The molecule has 10 heteroatoms. The predicted molar refractivity (Wildman–Crippen MR) is 152 cm³/mol. The molecule has 0 unspecified atom stereocenters. The number of rotatable bonds is 7. The van der Waals surface area contributed by atoms with Crippen molar-refractivity contribution in [2.45, 2.75) is 45.3 Å². The zero-order valence-corrected chi connectivity index (χ0v) is 22.8. The first-order valence-electron chi connectivity index (χ1n) is 13.1. The Labute approximate surface area is 226 Å². The maximum absolute atomic E-state index is 10.3. The standard InChI is InChI=1S/C29H32N8O2/c1-17-10-19(6-9-25(17)39-21-7-8-24-22(13-21)33-16-36(24)4)34-27-26-23(31-15-32-27)14-30-28(35-26)37(5)20-11-18(12-20)29(2,3)38/h6-10,13-16,18,20,38H,11-12H2,1-5H3,(H,31,32,34). The highest BCUT2D eigenvalue weighted by Crippen LogP contribution is 2.39. The van der Waals surface area contributed by atoms with Gasteiger partial charge in [0.2, 0.25) is 5.95 Å². The van der Waals surface area contributed by atoms with Gasteiger partial charge in [0.15, 0.2) is 5.82 Å². The number of benzene rings is 2. The van der Waals surface area contributed by atoms with Gasteiger partial charge < -0.3 is 24.6 Å². The van der Waals surface area contributed by atoms with Crippen LogP contribution in [0.5, 0.6) is 11.5 Å². The highest BCUT2D eigenvalue weighted by Gasteiger charge is 2.41. The van der Waals surface area contributed by atoms with Crippen LogP contribution in [0.25, 0.3) is 22.1 Å². The van der Waals surface area contributed by atoms with Crippen molar-refractivity contribution in [1.82, 2.24) is 29.5 Å². The summed E-state index contributed by atoms with van der Waals surface area (Å²) < 4.78 is 8.15. The van der Waals surface area contributed by atoms with Crippen LogP contribution in [0.2, 0.25) is 0 Å². The van der Waals surface area contributed by atoms with Gasteiger partial charge in [-0.3, -0.25) is 0 Å². The minimum atomic E-state index is -0.669. The predicted octanol–water partition coefficient (Wildman–Crippen LogP) is 5.14. The Bertz CT molecular complexity index is 1670. The maximum atomic E-state index is 10.3. The molecule has 6 rings (SSSR count). The molecule has 0 saturated heterocycles. The molecule has 1 aliphatic carbocycles. The van der Waals surface area contributed by atoms with E-state index in [9.17, 15) is 5.11 Å². The fourth-order valence-corrected chi connectivity index (χ4v) is 5.04. The summed E-state index contributed by atoms with van der Waals surface area (Å²) in [5.74, 6) is 3.00. The Kier molecular flexibility index (Phi) is 6.06. The van der Waals surface area contributed by atoms with Gasteiger partial charge in [0.1, 0.15) is 28.9 Å². The second-order valence-electron chi connectivity index (χ2n) is 10.9. The summed E-state index contributed by atoms with van der Waals surface area (Å²) in [7, 11) is 3.97. The van der Waals surface area contributed by atoms with E-state index in [0.717, 1.165) is 46.6 Å². The fraction of sp³-hybridized carbons (Fsp3) is 0.345. The van der Waals surface area contributed by atoms with Crippen LogP contribution >= 0.6 is 0 Å². The molecule has 0 aliphatic heterocycles. The van der Waals surface area contributed by atoms with Crippen molar-refractivity contribution in [2.75, 3.05) is 17.3 Å². The molecule has 3 aromatic heterocycles. The van der Waals surface area contributed by atoms with Crippen molar-refractivity contribution in [3.63, 3.8) is 0 Å². The number of imidazole rings is 1. The molecule has 3 heterocycles. The normalized spacial score (nSPS) is 17.3. The van der Waals surface area contributed by atoms with Crippen molar-refractivity contribution in [3.05, 3.63) is 60.8 Å². The number of nitrogens with one attached hydrogen (secondary N) is 1. The Morgan fingerprint density at radius 3 is 2.64 bits per heavy atom. The highest BCUT2D eigenvalue weighted by molar-refractivity contribution is 5.87. The Hall–Kier alpha value is -4.31. The van der Waals surface area contributed by atoms with Gasteiger partial charge in [-0.1, -0.05) is 0 Å². The summed E-state index contributed by atoms with van der Waals surface area (Å²) in [6, 6.07) is 12.1. The zero-order valence-electron chi connectivity index (χ0n) is 22.8. The molecule has 5 aromatic rings. The lowest BCUT2D eigenvalue weighted by Gasteiger charge is -2.46. The van der Waals surface area contributed by atoms with Gasteiger partial charge >= 0.3 is 0 Å². The number of aromatic nitrogens is 6. The van der Waals surface area contributed by atoms with Gasteiger partial charge in [0.25, 0.3) is 0 Å². The van der Waals surface area contributed by atoms with Gasteiger partial charge in [-0.2, -0.15) is 0 Å². The smallest absolute Gasteiger partial charge is 0.226 e. The molecule has 2 aromatic carbocycles. The quantitative estimate of drug-likeness (QED) is 0.299. The van der Waals surface area contributed by atoms with Gasteiger partial charge in [-0.15, -0.1) is 0 Å². The first-order chi connectivity index (χ1) is 18.7. The summed E-state index contributed by atoms with van der Waals surface area (Å²) in [5.41, 5.74) is 4.42. The summed E-state index contributed by atoms with van der Waals surface area (Å²) >= 11 is 0. The molecule has 0 bridgehead atoms. The average molecular weight is 525 g/mol. The molecule has 39 heavy (non-hydrogen) atoms. The molecule has 1 fully saturated rings. The minimum absolute atomic E-state index is 0.277. The summed E-state index contributed by atoms with van der Waals surface area (Å²) in [6.07, 6.45) is 6.84. The Balaban J connectivity index is 1.20. The number of hydrogen-bond donors (Lipinski definition) is 2. The summed E-state index contributed by atoms with van der Waals surface area (Å²) in [4.78, 5) is 24.7. The molecule has 0 atom stereocenters. The summed E-state index contributed by atoms with van der Waals surface area (Å²) in [5, 5.41) is 13.7. The van der Waals surface area contributed by atoms with Crippen LogP contribution in [0.4, 0.5) is 17.5 Å². The molecule has 0 amide bonds. The molecule has 1 saturated carbocycles. The highest BCUT2D eigenvalue weighted by atomic mass is 16.5. The van der Waals surface area contributed by atoms with E-state index in [1.54, 1.807) is 12.5 Å². The van der Waals surface area contributed by atoms with E-state index in [1.165, 1.54) is 6.33 Å². The number of ether oxygens (including phenoxy) is 1. The SMILES string of the molecule is Cc1cc(Nc2ncnc3cnc(N(C)C4CC(C(C)(C)O)C4)nc23)ccc1Oc1ccc2c(c1)ncn2C. The van der Waals surface area contributed by atoms with Gasteiger partial charge in [0, 0.05) is 31.9 Å². The second kappa shape index (κ2) is 9.46. The topological polar surface area (TPSA) is 114 Å². The van der Waals surface area contributed by atoms with Gasteiger partial charge in [-0.25, -0.2) is 24.9 Å². The van der Waals surface area contributed by atoms with E-state index < -0.39 is 5.60 Å². The van der Waals surface area contributed by atoms with Crippen LogP contribution in [0, 0.1) is 12.8 Å². The van der Waals surface area contributed by atoms with Gasteiger partial charge in [0.05, 0.1) is 29.2 Å². The molecule has 2 N–H and O–H groups in total. The Morgan fingerprint density at radius 2 is 1.87 bits per heavy atom. The third-order valence-electron chi connectivity index (χ3n) is 7.70. The van der Waals surface area contributed by atoms with Crippen molar-refractivity contribution in [1.29, 1.82) is 0 Å². The van der Waals surface area contributed by atoms with Gasteiger partial charge in [-0.05, 0) is 75.4 Å². The van der Waals surface area contributed by atoms with E-state index in [4.69, 9.17) is 9.72 Å². The van der Waals surface area contributed by atoms with E-state index in [-0.39, 0.29) is 12.0 Å². The van der Waals surface area contributed by atoms with Crippen LogP contribution in [-0.2, 0) is 7.05 Å². The van der Waals surface area contributed by atoms with Crippen molar-refractivity contribution < 1.29 is 9.84 Å². The number of aryl methyl sites for hydroxylation is 2. The number of fused-ring (bicyclic) bond motifs is 2. The average Bonchev–Trinajstić information content (AvgIpc) is 3.23. The molecular formula is C29H32N8O2. The molecule has 0 radical (unpaired) electrons. The lowest BCUT2D eigenvalue weighted by molar-refractivity contribution is -0.0267. The van der Waals surface area contributed by atoms with Crippen LogP contribution < -0.4 is 15.0 Å². The molecule has 0 spiro atoms. The molecular weight excluding hydrogens is 492 g/mol. The van der Waals surface area contributed by atoms with Crippen LogP contribution in [0.15, 0.2) is 55.2 Å². The molecule has 10 nitrogen and oxygen atoms in total. The first-order valence-corrected chi connectivity index (χ1v) is 13.1. The van der Waals surface area contributed by atoms with E-state index in [2.05, 4.69) is 30.2 Å². The van der Waals surface area contributed by atoms with Crippen LogP contribution in [0.1, 0.15) is 32.3 Å². The lowest BCUT2D eigenvalue weighted by atomic mass is 9.71. The third-order valence-corrected chi connectivity index (χ3v) is 7.70. The maximum Gasteiger partial charge on any atom is 0.226 e. The number of nitrogens with zero attached hydrogens (tertiary/aromatic N) is 7. The number of hydrogen-bond acceptors (Lipinski definition) is 9. The fourth-order valence-electron chi connectivity index (χ4n) is 5.04. The summed E-state index contributed by atoms with van der Waals surface area (Å²) in [6.45, 7) is 5.75. The number of aliphatic hydroxyl groups is 1. The van der Waals surface area contributed by atoms with Crippen molar-refractivity contribution in [2.24, 2.45) is 13.0 Å². The first kappa shape index (κ1) is 25.0. The second-order valence-corrected chi connectivity index (χ2v) is 10.9. The molecule has 1 aliphatic rings. The van der Waals surface area contributed by atoms with E-state index in [0.29, 0.717) is 22.8 Å². The number of anilines is 3.